The lowest BCUT2D eigenvalue weighted by molar-refractivity contribution is -0.150. The van der Waals surface area contributed by atoms with Gasteiger partial charge < -0.3 is 25.5 Å². The van der Waals surface area contributed by atoms with Gasteiger partial charge in [-0.05, 0) is 38.5 Å². The molecule has 0 bridgehead atoms. The number of aliphatic hydroxyl groups excluding tert-OH is 1. The van der Waals surface area contributed by atoms with E-state index in [4.69, 9.17) is 0 Å². The fraction of sp³-hybridized carbons (Fsp3) is 0.789. The third-order valence-corrected chi connectivity index (χ3v) is 5.95. The summed E-state index contributed by atoms with van der Waals surface area (Å²) in [7, 11) is 0. The van der Waals surface area contributed by atoms with Crippen LogP contribution in [0.1, 0.15) is 46.5 Å². The van der Waals surface area contributed by atoms with Crippen LogP contribution in [0.25, 0.3) is 0 Å². The Hall–Kier alpha value is -2.16. The minimum absolute atomic E-state index is 0.221. The first-order valence-electron chi connectivity index (χ1n) is 10.1. The molecule has 3 aliphatic rings. The predicted molar refractivity (Wildman–Crippen MR) is 99.9 cm³/mol. The molecule has 0 radical (unpaired) electrons. The van der Waals surface area contributed by atoms with Gasteiger partial charge in [0.05, 0.1) is 6.10 Å². The van der Waals surface area contributed by atoms with E-state index in [-0.39, 0.29) is 17.7 Å². The molecule has 3 fully saturated rings. The lowest BCUT2D eigenvalue weighted by Gasteiger charge is -2.36. The number of carbonyl (C=O) groups excluding carboxylic acids is 4. The van der Waals surface area contributed by atoms with Crippen molar-refractivity contribution in [2.45, 2.75) is 76.7 Å². The molecule has 3 heterocycles. The fourth-order valence-corrected chi connectivity index (χ4v) is 4.38. The highest BCUT2D eigenvalue weighted by Gasteiger charge is 2.45. The Morgan fingerprint density at radius 2 is 1.36 bits per heavy atom. The first-order chi connectivity index (χ1) is 13.2. The third kappa shape index (κ3) is 3.72. The molecule has 0 aromatic rings. The Labute approximate surface area is 164 Å². The second-order valence-electron chi connectivity index (χ2n) is 8.34. The second kappa shape index (κ2) is 8.06. The highest BCUT2D eigenvalue weighted by Crippen LogP contribution is 2.26. The van der Waals surface area contributed by atoms with Gasteiger partial charge >= 0.3 is 0 Å². The molecule has 5 atom stereocenters. The quantitative estimate of drug-likeness (QED) is 0.554. The van der Waals surface area contributed by atoms with E-state index in [1.165, 1.54) is 11.8 Å². The summed E-state index contributed by atoms with van der Waals surface area (Å²) in [4.78, 5) is 55.0. The summed E-state index contributed by atoms with van der Waals surface area (Å²) >= 11 is 0. The molecule has 1 unspecified atom stereocenters. The van der Waals surface area contributed by atoms with Gasteiger partial charge in [0.1, 0.15) is 24.2 Å². The van der Waals surface area contributed by atoms with Crippen LogP contribution in [-0.4, -0.2) is 81.9 Å². The maximum absolute atomic E-state index is 13.2. The van der Waals surface area contributed by atoms with Gasteiger partial charge in [-0.2, -0.15) is 0 Å². The van der Waals surface area contributed by atoms with Crippen LogP contribution in [0.2, 0.25) is 0 Å². The highest BCUT2D eigenvalue weighted by atomic mass is 16.3. The van der Waals surface area contributed by atoms with Crippen molar-refractivity contribution in [3.8, 4) is 0 Å². The Balaban J connectivity index is 1.99. The average Bonchev–Trinajstić information content (AvgIpc) is 3.30. The molecule has 3 rings (SSSR count). The van der Waals surface area contributed by atoms with Crippen LogP contribution in [0.15, 0.2) is 0 Å². The number of hydrogen-bond acceptors (Lipinski definition) is 5. The molecule has 0 aromatic heterocycles. The van der Waals surface area contributed by atoms with Crippen molar-refractivity contribution < 1.29 is 24.3 Å². The first kappa shape index (κ1) is 20.6. The third-order valence-electron chi connectivity index (χ3n) is 5.95. The minimum Gasteiger partial charge on any atom is -0.391 e. The molecular weight excluding hydrogens is 364 g/mol. The summed E-state index contributed by atoms with van der Waals surface area (Å²) in [5, 5.41) is 15.5. The molecule has 0 aromatic carbocycles. The molecule has 0 spiro atoms. The van der Waals surface area contributed by atoms with Crippen LogP contribution < -0.4 is 10.6 Å². The van der Waals surface area contributed by atoms with Gasteiger partial charge in [0.25, 0.3) is 0 Å². The Bertz CT molecular complexity index is 661. The first-order valence-corrected chi connectivity index (χ1v) is 10.1. The number of hydrogen-bond donors (Lipinski definition) is 3. The van der Waals surface area contributed by atoms with E-state index in [2.05, 4.69) is 10.6 Å². The zero-order valence-electron chi connectivity index (χ0n) is 16.7. The average molecular weight is 394 g/mol. The van der Waals surface area contributed by atoms with Crippen LogP contribution in [0.5, 0.6) is 0 Å². The topological polar surface area (TPSA) is 119 Å². The Morgan fingerprint density at radius 3 is 1.93 bits per heavy atom. The summed E-state index contributed by atoms with van der Waals surface area (Å²) in [5.41, 5.74) is 0. The molecule has 156 valence electrons. The Kier molecular flexibility index (Phi) is 5.92. The van der Waals surface area contributed by atoms with Gasteiger partial charge in [0.2, 0.25) is 23.6 Å². The van der Waals surface area contributed by atoms with E-state index in [9.17, 15) is 24.3 Å². The van der Waals surface area contributed by atoms with Crippen molar-refractivity contribution in [3.63, 3.8) is 0 Å². The lowest BCUT2D eigenvalue weighted by Crippen LogP contribution is -2.63. The largest absolute Gasteiger partial charge is 0.391 e. The van der Waals surface area contributed by atoms with Gasteiger partial charge in [-0.3, -0.25) is 19.2 Å². The zero-order valence-corrected chi connectivity index (χ0v) is 16.7. The number of amides is 4. The maximum atomic E-state index is 13.2. The van der Waals surface area contributed by atoms with E-state index in [1.54, 1.807) is 18.7 Å². The monoisotopic (exact) mass is 394 g/mol. The summed E-state index contributed by atoms with van der Waals surface area (Å²) in [5.74, 6) is -1.74. The van der Waals surface area contributed by atoms with E-state index >= 15 is 0 Å². The predicted octanol–water partition coefficient (Wildman–Crippen LogP) is -1.01. The van der Waals surface area contributed by atoms with Crippen LogP contribution in [0, 0.1) is 5.92 Å². The highest BCUT2D eigenvalue weighted by molar-refractivity contribution is 5.98. The van der Waals surface area contributed by atoms with Crippen LogP contribution >= 0.6 is 0 Å². The van der Waals surface area contributed by atoms with E-state index < -0.39 is 42.1 Å². The molecule has 3 saturated heterocycles. The molecule has 0 saturated carbocycles. The molecule has 4 amide bonds. The summed E-state index contributed by atoms with van der Waals surface area (Å²) in [6.07, 6.45) is 1.31. The molecule has 28 heavy (non-hydrogen) atoms. The lowest BCUT2D eigenvalue weighted by atomic mass is 10.0. The molecule has 3 aliphatic heterocycles. The van der Waals surface area contributed by atoms with Gasteiger partial charge in [-0.1, -0.05) is 13.8 Å². The standard InChI is InChI=1S/C19H30N4O5/c1-10(2)14-17(26)21-15(11(3)24)19(28)23-9-5-7-13(23)18(27)22-8-4-6-12(22)16(25)20-14/h10-15,24H,4-9H2,1-3H3,(H,20,25)(H,21,26)/t11-,12+,13+,14?,15+/m1/s1. The van der Waals surface area contributed by atoms with Crippen molar-refractivity contribution >= 4 is 23.6 Å². The Morgan fingerprint density at radius 1 is 0.821 bits per heavy atom. The van der Waals surface area contributed by atoms with Crippen LogP contribution in [0.4, 0.5) is 0 Å². The van der Waals surface area contributed by atoms with Crippen molar-refractivity contribution in [1.29, 1.82) is 0 Å². The molecule has 3 N–H and O–H groups in total. The normalized spacial score (nSPS) is 33.0. The number of rotatable bonds is 2. The SMILES string of the molecule is CC(C)C1NC(=O)[C@@H]2CCCN2C(=O)[C@@H]2CCCN2C(=O)[C@H]([C@@H](C)O)NC1=O. The number of fused-ring (bicyclic) bond motifs is 2. The van der Waals surface area contributed by atoms with Gasteiger partial charge in [-0.25, -0.2) is 0 Å². The second-order valence-corrected chi connectivity index (χ2v) is 8.34. The van der Waals surface area contributed by atoms with Crippen LogP contribution in [0.3, 0.4) is 0 Å². The van der Waals surface area contributed by atoms with Crippen molar-refractivity contribution in [1.82, 2.24) is 20.4 Å². The number of nitrogens with one attached hydrogen (secondary N) is 2. The molecule has 9 nitrogen and oxygen atoms in total. The molecule has 0 aliphatic carbocycles. The minimum atomic E-state index is -1.16. The number of nitrogens with zero attached hydrogens (tertiary/aromatic N) is 2. The zero-order chi connectivity index (χ0) is 20.6. The van der Waals surface area contributed by atoms with Gasteiger partial charge in [0.15, 0.2) is 0 Å². The molecule has 9 heteroatoms. The van der Waals surface area contributed by atoms with Crippen molar-refractivity contribution in [2.75, 3.05) is 13.1 Å². The van der Waals surface area contributed by atoms with Gasteiger partial charge in [-0.15, -0.1) is 0 Å². The number of carbonyl (C=O) groups is 4. The van der Waals surface area contributed by atoms with Gasteiger partial charge in [0, 0.05) is 13.1 Å². The maximum Gasteiger partial charge on any atom is 0.248 e. The summed E-state index contributed by atoms with van der Waals surface area (Å²) in [6, 6.07) is -3.29. The van der Waals surface area contributed by atoms with E-state index in [1.807, 2.05) is 0 Å². The number of aliphatic hydroxyl groups is 1. The van der Waals surface area contributed by atoms with E-state index in [0.717, 1.165) is 0 Å². The van der Waals surface area contributed by atoms with Crippen molar-refractivity contribution in [3.05, 3.63) is 0 Å². The summed E-state index contributed by atoms with van der Waals surface area (Å²) < 4.78 is 0. The van der Waals surface area contributed by atoms with Crippen LogP contribution in [-0.2, 0) is 19.2 Å². The molecular formula is C19H30N4O5. The summed E-state index contributed by atoms with van der Waals surface area (Å²) in [6.45, 7) is 5.88. The van der Waals surface area contributed by atoms with Crippen molar-refractivity contribution in [2.24, 2.45) is 5.92 Å². The van der Waals surface area contributed by atoms with E-state index in [0.29, 0.717) is 38.8 Å². The smallest absolute Gasteiger partial charge is 0.248 e. The fourth-order valence-electron chi connectivity index (χ4n) is 4.38.